The Morgan fingerprint density at radius 3 is 2.19 bits per heavy atom. The largest absolute Gasteiger partial charge is 1.00 e. The van der Waals surface area contributed by atoms with Crippen molar-refractivity contribution in [1.29, 1.82) is 0 Å². The molecule has 8 heteroatoms. The van der Waals surface area contributed by atoms with Gasteiger partial charge in [0.2, 0.25) is 0 Å². The van der Waals surface area contributed by atoms with Crippen LogP contribution in [0.2, 0.25) is 0 Å². The molecule has 0 bridgehead atoms. The van der Waals surface area contributed by atoms with Crippen LogP contribution in [-0.2, 0) is 16.0 Å². The summed E-state index contributed by atoms with van der Waals surface area (Å²) in [7, 11) is 0. The predicted molar refractivity (Wildman–Crippen MR) is 83.9 cm³/mol. The van der Waals surface area contributed by atoms with Gasteiger partial charge in [0.05, 0.1) is 11.9 Å². The number of carboxylic acid groups (broad SMARTS) is 2. The van der Waals surface area contributed by atoms with Crippen molar-refractivity contribution in [3.8, 4) is 5.75 Å². The molecule has 6 nitrogen and oxygen atoms in total. The third kappa shape index (κ3) is 7.35. The SMILES string of the molecule is CC(C)C(C(=O)[O-])=C(Cc1ccc(OC2CCNC2)cc1)C(=O)[O-].[Na+].[Na+]. The number of benzene rings is 1. The maximum absolute atomic E-state index is 11.4. The molecule has 0 aromatic heterocycles. The molecule has 1 aromatic carbocycles. The molecule has 1 atom stereocenters. The van der Waals surface area contributed by atoms with Gasteiger partial charge in [-0.2, -0.15) is 0 Å². The molecule has 0 amide bonds. The minimum absolute atomic E-state index is 0. The number of ether oxygens (including phenoxy) is 1. The van der Waals surface area contributed by atoms with E-state index in [1.165, 1.54) is 0 Å². The van der Waals surface area contributed by atoms with E-state index in [0.717, 1.165) is 19.5 Å². The normalized spacial score (nSPS) is 17.0. The molecule has 1 N–H and O–H groups in total. The van der Waals surface area contributed by atoms with Crippen molar-refractivity contribution >= 4 is 11.9 Å². The average Bonchev–Trinajstić information content (AvgIpc) is 3.00. The molecule has 2 rings (SSSR count). The van der Waals surface area contributed by atoms with Crippen LogP contribution in [0.5, 0.6) is 5.75 Å². The monoisotopic (exact) mass is 377 g/mol. The topological polar surface area (TPSA) is 102 Å². The summed E-state index contributed by atoms with van der Waals surface area (Å²) in [6, 6.07) is 6.98. The van der Waals surface area contributed by atoms with Gasteiger partial charge in [0.1, 0.15) is 11.9 Å². The second-order valence-electron chi connectivity index (χ2n) is 6.18. The Kier molecular flexibility index (Phi) is 12.0. The molecule has 1 aliphatic rings. The minimum Gasteiger partial charge on any atom is -0.545 e. The molecule has 1 heterocycles. The maximum Gasteiger partial charge on any atom is 1.00 e. The number of aliphatic carboxylic acids is 2. The van der Waals surface area contributed by atoms with E-state index in [2.05, 4.69) is 5.32 Å². The van der Waals surface area contributed by atoms with Crippen molar-refractivity contribution in [2.75, 3.05) is 13.1 Å². The smallest absolute Gasteiger partial charge is 0.545 e. The molecule has 1 fully saturated rings. The molecule has 1 aliphatic heterocycles. The average molecular weight is 377 g/mol. The zero-order valence-corrected chi connectivity index (χ0v) is 19.8. The molecule has 0 spiro atoms. The number of hydrogen-bond acceptors (Lipinski definition) is 6. The molecule has 1 aromatic rings. The Balaban J connectivity index is 0.00000312. The fourth-order valence-corrected chi connectivity index (χ4v) is 2.80. The van der Waals surface area contributed by atoms with Crippen LogP contribution < -0.4 is 79.4 Å². The van der Waals surface area contributed by atoms with Crippen LogP contribution in [0.1, 0.15) is 25.8 Å². The Labute approximate surface area is 198 Å². The Hall–Kier alpha value is -0.340. The van der Waals surface area contributed by atoms with Gasteiger partial charge in [-0.25, -0.2) is 0 Å². The quantitative estimate of drug-likeness (QED) is 0.375. The van der Waals surface area contributed by atoms with Gasteiger partial charge in [0.25, 0.3) is 0 Å². The van der Waals surface area contributed by atoms with E-state index in [1.54, 1.807) is 38.1 Å². The third-order valence-electron chi connectivity index (χ3n) is 3.99. The van der Waals surface area contributed by atoms with E-state index >= 15 is 0 Å². The van der Waals surface area contributed by atoms with Gasteiger partial charge in [-0.15, -0.1) is 0 Å². The number of hydrogen-bond donors (Lipinski definition) is 1. The number of carbonyl (C=O) groups excluding carboxylic acids is 2. The predicted octanol–water partition coefficient (Wildman–Crippen LogP) is -6.57. The summed E-state index contributed by atoms with van der Waals surface area (Å²) in [5, 5.41) is 25.8. The van der Waals surface area contributed by atoms with Gasteiger partial charge in [-0.3, -0.25) is 0 Å². The molecule has 0 saturated carbocycles. The molecule has 0 radical (unpaired) electrons. The summed E-state index contributed by atoms with van der Waals surface area (Å²) in [4.78, 5) is 22.6. The molecule has 1 saturated heterocycles. The van der Waals surface area contributed by atoms with Crippen LogP contribution in [-0.4, -0.2) is 31.1 Å². The second-order valence-corrected chi connectivity index (χ2v) is 6.18. The van der Waals surface area contributed by atoms with Gasteiger partial charge in [0.15, 0.2) is 0 Å². The van der Waals surface area contributed by atoms with Crippen LogP contribution in [0.3, 0.4) is 0 Å². The first kappa shape index (κ1) is 25.7. The third-order valence-corrected chi connectivity index (χ3v) is 3.99. The van der Waals surface area contributed by atoms with Crippen LogP contribution in [0.15, 0.2) is 35.4 Å². The van der Waals surface area contributed by atoms with E-state index < -0.39 is 17.9 Å². The molecule has 26 heavy (non-hydrogen) atoms. The van der Waals surface area contributed by atoms with Gasteiger partial charge in [-0.1, -0.05) is 26.0 Å². The first-order valence-corrected chi connectivity index (χ1v) is 8.00. The molecular formula is C18H21NNa2O5. The summed E-state index contributed by atoms with van der Waals surface area (Å²) in [6.45, 7) is 4.97. The van der Waals surface area contributed by atoms with Gasteiger partial charge in [-0.05, 0) is 54.1 Å². The summed E-state index contributed by atoms with van der Waals surface area (Å²) in [6.07, 6.45) is 1.05. The summed E-state index contributed by atoms with van der Waals surface area (Å²) < 4.78 is 5.80. The van der Waals surface area contributed by atoms with E-state index in [1.807, 2.05) is 0 Å². The number of carboxylic acids is 2. The van der Waals surface area contributed by atoms with Crippen molar-refractivity contribution in [2.24, 2.45) is 5.92 Å². The van der Waals surface area contributed by atoms with Crippen LogP contribution in [0, 0.1) is 5.92 Å². The van der Waals surface area contributed by atoms with Crippen molar-refractivity contribution < 1.29 is 83.7 Å². The summed E-state index contributed by atoms with van der Waals surface area (Å²) >= 11 is 0. The summed E-state index contributed by atoms with van der Waals surface area (Å²) in [5.74, 6) is -2.73. The number of rotatable bonds is 7. The Morgan fingerprint density at radius 1 is 1.15 bits per heavy atom. The summed E-state index contributed by atoms with van der Waals surface area (Å²) in [5.41, 5.74) is 0.191. The second kappa shape index (κ2) is 12.2. The first-order valence-electron chi connectivity index (χ1n) is 8.00. The Bertz CT molecular complexity index is 637. The Morgan fingerprint density at radius 2 is 1.77 bits per heavy atom. The van der Waals surface area contributed by atoms with Crippen LogP contribution >= 0.6 is 0 Å². The zero-order chi connectivity index (χ0) is 17.7. The van der Waals surface area contributed by atoms with Crippen LogP contribution in [0.4, 0.5) is 0 Å². The van der Waals surface area contributed by atoms with Crippen molar-refractivity contribution in [3.63, 3.8) is 0 Å². The number of carbonyl (C=O) groups is 2. The molecule has 1 unspecified atom stereocenters. The van der Waals surface area contributed by atoms with Gasteiger partial charge < -0.3 is 29.9 Å². The zero-order valence-electron chi connectivity index (χ0n) is 15.8. The fourth-order valence-electron chi connectivity index (χ4n) is 2.80. The maximum atomic E-state index is 11.4. The molecule has 0 aliphatic carbocycles. The van der Waals surface area contributed by atoms with E-state index in [9.17, 15) is 19.8 Å². The van der Waals surface area contributed by atoms with Gasteiger partial charge >= 0.3 is 59.1 Å². The van der Waals surface area contributed by atoms with Crippen molar-refractivity contribution in [1.82, 2.24) is 5.32 Å². The number of nitrogens with one attached hydrogen (secondary N) is 1. The van der Waals surface area contributed by atoms with Crippen LogP contribution in [0.25, 0.3) is 0 Å². The fraction of sp³-hybridized carbons (Fsp3) is 0.444. The molecule has 130 valence electrons. The minimum atomic E-state index is -1.49. The van der Waals surface area contributed by atoms with Gasteiger partial charge in [0, 0.05) is 6.54 Å². The van der Waals surface area contributed by atoms with E-state index in [4.69, 9.17) is 4.74 Å². The first-order chi connectivity index (χ1) is 11.4. The molecular weight excluding hydrogens is 356 g/mol. The van der Waals surface area contributed by atoms with E-state index in [-0.39, 0.29) is 82.8 Å². The standard InChI is InChI=1S/C18H23NO5.2Na/c1-11(2)16(18(22)23)15(17(20)21)9-12-3-5-13(6-4-12)24-14-7-8-19-10-14;;/h3-6,11,14,19H,7-10H2,1-2H3,(H,20,21)(H,22,23);;/q;2*+1/p-2. The van der Waals surface area contributed by atoms with E-state index in [0.29, 0.717) is 11.3 Å². The van der Waals surface area contributed by atoms with Crippen molar-refractivity contribution in [2.45, 2.75) is 32.8 Å². The van der Waals surface area contributed by atoms with Crippen molar-refractivity contribution in [3.05, 3.63) is 41.0 Å².